The highest BCUT2D eigenvalue weighted by atomic mass is 32.2. The zero-order valence-electron chi connectivity index (χ0n) is 20.6. The van der Waals surface area contributed by atoms with Crippen LogP contribution in [0.25, 0.3) is 33.4 Å². The van der Waals surface area contributed by atoms with Gasteiger partial charge < -0.3 is 4.42 Å². The van der Waals surface area contributed by atoms with E-state index >= 15 is 0 Å². The third-order valence-electron chi connectivity index (χ3n) is 6.11. The van der Waals surface area contributed by atoms with E-state index in [4.69, 9.17) is 9.40 Å². The molecule has 0 aliphatic heterocycles. The predicted octanol–water partition coefficient (Wildman–Crippen LogP) is 6.80. The summed E-state index contributed by atoms with van der Waals surface area (Å²) < 4.78 is 5.28. The fourth-order valence-electron chi connectivity index (χ4n) is 4.14. The van der Waals surface area contributed by atoms with Crippen LogP contribution in [0.3, 0.4) is 0 Å². The second kappa shape index (κ2) is 10.7. The number of thioether (sulfide) groups is 1. The number of non-ortho nitro benzene ring substituents is 1. The summed E-state index contributed by atoms with van der Waals surface area (Å²) in [7, 11) is 0. The number of fused-ring (bicyclic) bond motifs is 1. The Morgan fingerprint density at radius 3 is 2.44 bits per heavy atom. The molecule has 0 N–H and O–H groups in total. The summed E-state index contributed by atoms with van der Waals surface area (Å²) in [5, 5.41) is 22.4. The standard InChI is InChI=1S/C30H19N3O5S/c1-18(34)24-14-22-13-19(7-12-28(22)38-30(24)35)17-39-29-26(16-31)25(20-5-3-2-4-6-20)15-27(32-29)21-8-10-23(11-9-21)33(36)37/h2-15H,17H2,1H3. The number of benzene rings is 3. The summed E-state index contributed by atoms with van der Waals surface area (Å²) in [6.07, 6.45) is 0. The number of hydrogen-bond acceptors (Lipinski definition) is 8. The topological polar surface area (TPSA) is 127 Å². The van der Waals surface area contributed by atoms with E-state index in [2.05, 4.69) is 6.07 Å². The van der Waals surface area contributed by atoms with Crippen LogP contribution in [0.4, 0.5) is 5.69 Å². The highest BCUT2D eigenvalue weighted by Crippen LogP contribution is 2.36. The van der Waals surface area contributed by atoms with Gasteiger partial charge in [0.15, 0.2) is 5.78 Å². The molecule has 2 heterocycles. The van der Waals surface area contributed by atoms with Gasteiger partial charge in [0.05, 0.1) is 16.2 Å². The Bertz CT molecular complexity index is 1840. The summed E-state index contributed by atoms with van der Waals surface area (Å²) in [5.41, 5.74) is 3.78. The van der Waals surface area contributed by atoms with Gasteiger partial charge in [-0.1, -0.05) is 36.4 Å². The van der Waals surface area contributed by atoms with Gasteiger partial charge in [-0.15, -0.1) is 11.8 Å². The predicted molar refractivity (Wildman–Crippen MR) is 149 cm³/mol. The third kappa shape index (κ3) is 5.32. The van der Waals surface area contributed by atoms with E-state index in [1.54, 1.807) is 18.2 Å². The summed E-state index contributed by atoms with van der Waals surface area (Å²) in [6, 6.07) is 26.6. The van der Waals surface area contributed by atoms with Crippen LogP contribution in [-0.4, -0.2) is 15.7 Å². The van der Waals surface area contributed by atoms with Crippen molar-refractivity contribution >= 4 is 34.2 Å². The minimum atomic E-state index is -0.670. The number of rotatable bonds is 7. The molecule has 8 nitrogen and oxygen atoms in total. The maximum absolute atomic E-state index is 12.0. The number of Topliss-reactive ketones (excluding diaryl/α,β-unsaturated/α-hetero) is 1. The quantitative estimate of drug-likeness (QED) is 0.0735. The molecule has 2 aromatic heterocycles. The molecule has 9 heteroatoms. The average molecular weight is 534 g/mol. The van der Waals surface area contributed by atoms with Crippen LogP contribution in [0.1, 0.15) is 28.4 Å². The first kappa shape index (κ1) is 25.6. The molecule has 0 amide bonds. The first-order valence-corrected chi connectivity index (χ1v) is 12.8. The molecule has 0 atom stereocenters. The van der Waals surface area contributed by atoms with E-state index in [-0.39, 0.29) is 17.0 Å². The third-order valence-corrected chi connectivity index (χ3v) is 7.15. The second-order valence-electron chi connectivity index (χ2n) is 8.68. The van der Waals surface area contributed by atoms with Crippen molar-refractivity contribution in [1.29, 1.82) is 5.26 Å². The van der Waals surface area contributed by atoms with Crippen molar-refractivity contribution in [1.82, 2.24) is 4.98 Å². The maximum Gasteiger partial charge on any atom is 0.347 e. The monoisotopic (exact) mass is 533 g/mol. The van der Waals surface area contributed by atoms with E-state index in [9.17, 15) is 25.0 Å². The van der Waals surface area contributed by atoms with Gasteiger partial charge in [0.1, 0.15) is 22.2 Å². The first-order chi connectivity index (χ1) is 18.8. The lowest BCUT2D eigenvalue weighted by atomic mass is 9.99. The van der Waals surface area contributed by atoms with Gasteiger partial charge in [-0.2, -0.15) is 5.26 Å². The summed E-state index contributed by atoms with van der Waals surface area (Å²) in [4.78, 5) is 39.2. The van der Waals surface area contributed by atoms with E-state index in [1.807, 2.05) is 48.5 Å². The van der Waals surface area contributed by atoms with Crippen LogP contribution in [0.15, 0.2) is 99.2 Å². The first-order valence-electron chi connectivity index (χ1n) is 11.8. The number of ketones is 1. The van der Waals surface area contributed by atoms with Crippen molar-refractivity contribution in [2.75, 3.05) is 0 Å². The second-order valence-corrected chi connectivity index (χ2v) is 9.65. The molecule has 0 aliphatic carbocycles. The lowest BCUT2D eigenvalue weighted by molar-refractivity contribution is -0.384. The van der Waals surface area contributed by atoms with Crippen LogP contribution in [0.5, 0.6) is 0 Å². The minimum absolute atomic E-state index is 0.0101. The van der Waals surface area contributed by atoms with Gasteiger partial charge in [-0.25, -0.2) is 9.78 Å². The highest BCUT2D eigenvalue weighted by molar-refractivity contribution is 7.98. The largest absolute Gasteiger partial charge is 0.422 e. The molecular weight excluding hydrogens is 514 g/mol. The summed E-state index contributed by atoms with van der Waals surface area (Å²) in [6.45, 7) is 1.31. The molecule has 0 aliphatic rings. The molecule has 0 fully saturated rings. The molecule has 0 saturated heterocycles. The molecule has 0 bridgehead atoms. The minimum Gasteiger partial charge on any atom is -0.422 e. The molecule has 5 rings (SSSR count). The van der Waals surface area contributed by atoms with Crippen molar-refractivity contribution in [3.63, 3.8) is 0 Å². The molecular formula is C30H19N3O5S. The number of nitro benzene ring substituents is 1. The average Bonchev–Trinajstić information content (AvgIpc) is 2.95. The lowest BCUT2D eigenvalue weighted by Crippen LogP contribution is -2.10. The Hall–Kier alpha value is -5.07. The van der Waals surface area contributed by atoms with Crippen LogP contribution in [-0.2, 0) is 5.75 Å². The lowest BCUT2D eigenvalue weighted by Gasteiger charge is -2.13. The normalized spacial score (nSPS) is 10.8. The Balaban J connectivity index is 1.56. The summed E-state index contributed by atoms with van der Waals surface area (Å²) >= 11 is 1.37. The Morgan fingerprint density at radius 2 is 1.77 bits per heavy atom. The van der Waals surface area contributed by atoms with Crippen LogP contribution < -0.4 is 5.63 Å². The van der Waals surface area contributed by atoms with Gasteiger partial charge in [0, 0.05) is 34.4 Å². The van der Waals surface area contributed by atoms with Gasteiger partial charge in [-0.3, -0.25) is 14.9 Å². The zero-order valence-corrected chi connectivity index (χ0v) is 21.4. The zero-order chi connectivity index (χ0) is 27.5. The van der Waals surface area contributed by atoms with E-state index in [0.717, 1.165) is 11.1 Å². The number of nitro groups is 1. The van der Waals surface area contributed by atoms with Gasteiger partial charge >= 0.3 is 5.63 Å². The van der Waals surface area contributed by atoms with Crippen molar-refractivity contribution in [3.8, 4) is 28.5 Å². The smallest absolute Gasteiger partial charge is 0.347 e. The fraction of sp³-hybridized carbons (Fsp3) is 0.0667. The van der Waals surface area contributed by atoms with E-state index in [1.165, 1.54) is 36.9 Å². The Morgan fingerprint density at radius 1 is 1.03 bits per heavy atom. The van der Waals surface area contributed by atoms with Gasteiger partial charge in [0.2, 0.25) is 0 Å². The molecule has 0 saturated carbocycles. The number of aromatic nitrogens is 1. The van der Waals surface area contributed by atoms with Crippen molar-refractivity contribution < 1.29 is 14.1 Å². The van der Waals surface area contributed by atoms with Gasteiger partial charge in [0.25, 0.3) is 5.69 Å². The number of carbonyl (C=O) groups is 1. The molecule has 190 valence electrons. The van der Waals surface area contributed by atoms with Crippen molar-refractivity contribution in [2.45, 2.75) is 17.7 Å². The number of nitriles is 1. The summed E-state index contributed by atoms with van der Waals surface area (Å²) in [5.74, 6) is 0.0779. The highest BCUT2D eigenvalue weighted by Gasteiger charge is 2.17. The molecule has 5 aromatic rings. The molecule has 39 heavy (non-hydrogen) atoms. The number of hydrogen-bond donors (Lipinski definition) is 0. The van der Waals surface area contributed by atoms with Crippen LogP contribution in [0.2, 0.25) is 0 Å². The number of carbonyl (C=O) groups excluding carboxylic acids is 1. The van der Waals surface area contributed by atoms with Crippen LogP contribution >= 0.6 is 11.8 Å². The number of nitrogens with zero attached hydrogens (tertiary/aromatic N) is 3. The SMILES string of the molecule is CC(=O)c1cc2cc(CSc3nc(-c4ccc([N+](=O)[O-])cc4)cc(-c4ccccc4)c3C#N)ccc2oc1=O. The maximum atomic E-state index is 12.0. The molecule has 3 aromatic carbocycles. The van der Waals surface area contributed by atoms with E-state index in [0.29, 0.717) is 44.1 Å². The molecule has 0 radical (unpaired) electrons. The van der Waals surface area contributed by atoms with Gasteiger partial charge in [-0.05, 0) is 54.4 Å². The number of pyridine rings is 1. The molecule has 0 spiro atoms. The Labute approximate surface area is 226 Å². The van der Waals surface area contributed by atoms with E-state index < -0.39 is 10.5 Å². The molecule has 0 unspecified atom stereocenters. The fourth-order valence-corrected chi connectivity index (χ4v) is 5.09. The van der Waals surface area contributed by atoms with Crippen LogP contribution in [0, 0.1) is 21.4 Å². The van der Waals surface area contributed by atoms with Crippen molar-refractivity contribution in [3.05, 3.63) is 122 Å². The Kier molecular flexibility index (Phi) is 7.04. The van der Waals surface area contributed by atoms with Crippen molar-refractivity contribution in [2.24, 2.45) is 0 Å².